The third kappa shape index (κ3) is 2.81. The molecular formula is C12H17N5O2. The van der Waals surface area contributed by atoms with Gasteiger partial charge in [0.25, 0.3) is 0 Å². The Balaban J connectivity index is 2.39. The Morgan fingerprint density at radius 1 is 1.47 bits per heavy atom. The van der Waals surface area contributed by atoms with Crippen LogP contribution in [0.2, 0.25) is 0 Å². The van der Waals surface area contributed by atoms with Crippen molar-refractivity contribution in [3.63, 3.8) is 0 Å². The summed E-state index contributed by atoms with van der Waals surface area (Å²) >= 11 is 0. The molecule has 102 valence electrons. The number of nitrogens with zero attached hydrogens (tertiary/aromatic N) is 5. The quantitative estimate of drug-likeness (QED) is 0.880. The van der Waals surface area contributed by atoms with Crippen molar-refractivity contribution >= 4 is 5.97 Å². The molecule has 0 aliphatic heterocycles. The molecule has 1 unspecified atom stereocenters. The number of carboxylic acids is 1. The van der Waals surface area contributed by atoms with E-state index in [1.54, 1.807) is 28.7 Å². The van der Waals surface area contributed by atoms with Crippen molar-refractivity contribution in [2.45, 2.75) is 26.3 Å². The van der Waals surface area contributed by atoms with Crippen LogP contribution < -0.4 is 0 Å². The van der Waals surface area contributed by atoms with Crippen molar-refractivity contribution in [1.82, 2.24) is 24.5 Å². The highest BCUT2D eigenvalue weighted by Gasteiger charge is 2.24. The molecule has 0 saturated heterocycles. The van der Waals surface area contributed by atoms with Crippen LogP contribution in [0, 0.1) is 5.92 Å². The average molecular weight is 263 g/mol. The van der Waals surface area contributed by atoms with Crippen LogP contribution in [0.5, 0.6) is 0 Å². The molecule has 1 N–H and O–H groups in total. The van der Waals surface area contributed by atoms with Gasteiger partial charge in [-0.15, -0.1) is 10.2 Å². The van der Waals surface area contributed by atoms with Crippen molar-refractivity contribution in [3.8, 4) is 11.4 Å². The third-order valence-electron chi connectivity index (χ3n) is 2.85. The minimum atomic E-state index is -0.876. The van der Waals surface area contributed by atoms with Crippen LogP contribution in [-0.4, -0.2) is 35.6 Å². The topological polar surface area (TPSA) is 85.8 Å². The maximum atomic E-state index is 11.4. The van der Waals surface area contributed by atoms with E-state index in [1.807, 2.05) is 13.8 Å². The molecule has 0 amide bonds. The van der Waals surface area contributed by atoms with E-state index in [0.29, 0.717) is 12.2 Å². The molecule has 1 atom stereocenters. The summed E-state index contributed by atoms with van der Waals surface area (Å²) in [4.78, 5) is 11.4. The summed E-state index contributed by atoms with van der Waals surface area (Å²) < 4.78 is 3.24. The van der Waals surface area contributed by atoms with Gasteiger partial charge in [0.15, 0.2) is 5.82 Å². The van der Waals surface area contributed by atoms with Crippen molar-refractivity contribution in [3.05, 3.63) is 18.7 Å². The second-order valence-corrected chi connectivity index (χ2v) is 4.95. The summed E-state index contributed by atoms with van der Waals surface area (Å²) in [6.07, 6.45) is 5.42. The predicted molar refractivity (Wildman–Crippen MR) is 68.4 cm³/mol. The lowest BCUT2D eigenvalue weighted by molar-refractivity contribution is -0.141. The van der Waals surface area contributed by atoms with E-state index >= 15 is 0 Å². The van der Waals surface area contributed by atoms with E-state index in [2.05, 4.69) is 15.3 Å². The highest BCUT2D eigenvalue weighted by atomic mass is 16.4. The van der Waals surface area contributed by atoms with Crippen LogP contribution in [0.15, 0.2) is 18.7 Å². The summed E-state index contributed by atoms with van der Waals surface area (Å²) in [5.41, 5.74) is 0.759. The summed E-state index contributed by atoms with van der Waals surface area (Å²) in [6, 6.07) is -0.662. The first-order valence-electron chi connectivity index (χ1n) is 6.10. The first kappa shape index (κ1) is 13.3. The van der Waals surface area contributed by atoms with Gasteiger partial charge in [0.2, 0.25) is 0 Å². The summed E-state index contributed by atoms with van der Waals surface area (Å²) in [5.74, 6) is -0.0787. The highest BCUT2D eigenvalue weighted by Crippen LogP contribution is 2.24. The number of aliphatic carboxylic acids is 1. The minimum Gasteiger partial charge on any atom is -0.480 e. The molecule has 0 radical (unpaired) electrons. The number of hydrogen-bond acceptors (Lipinski definition) is 4. The van der Waals surface area contributed by atoms with Gasteiger partial charge in [-0.2, -0.15) is 5.10 Å². The molecule has 2 heterocycles. The largest absolute Gasteiger partial charge is 0.480 e. The summed E-state index contributed by atoms with van der Waals surface area (Å²) in [5, 5.41) is 21.3. The average Bonchev–Trinajstić information content (AvgIpc) is 2.93. The molecule has 0 aliphatic rings. The van der Waals surface area contributed by atoms with Crippen LogP contribution in [-0.2, 0) is 11.8 Å². The normalized spacial score (nSPS) is 12.8. The van der Waals surface area contributed by atoms with E-state index < -0.39 is 12.0 Å². The smallest absolute Gasteiger partial charge is 0.326 e. The van der Waals surface area contributed by atoms with Crippen LogP contribution in [0.25, 0.3) is 11.4 Å². The summed E-state index contributed by atoms with van der Waals surface area (Å²) in [7, 11) is 1.80. The van der Waals surface area contributed by atoms with Gasteiger partial charge < -0.3 is 5.11 Å². The third-order valence-corrected chi connectivity index (χ3v) is 2.85. The van der Waals surface area contributed by atoms with Crippen LogP contribution >= 0.6 is 0 Å². The zero-order chi connectivity index (χ0) is 14.0. The first-order valence-corrected chi connectivity index (χ1v) is 6.10. The molecule has 0 fully saturated rings. The molecule has 7 heteroatoms. The highest BCUT2D eigenvalue weighted by molar-refractivity contribution is 5.73. The predicted octanol–water partition coefficient (Wildman–Crippen LogP) is 1.35. The van der Waals surface area contributed by atoms with Gasteiger partial charge in [0.05, 0.1) is 11.8 Å². The second kappa shape index (κ2) is 5.21. The Bertz CT molecular complexity index is 572. The fourth-order valence-electron chi connectivity index (χ4n) is 1.99. The molecule has 2 rings (SSSR count). The Hall–Kier alpha value is -2.18. The van der Waals surface area contributed by atoms with Gasteiger partial charge in [-0.05, 0) is 12.3 Å². The number of hydrogen-bond donors (Lipinski definition) is 1. The van der Waals surface area contributed by atoms with Crippen LogP contribution in [0.1, 0.15) is 26.3 Å². The van der Waals surface area contributed by atoms with E-state index in [9.17, 15) is 9.90 Å². The van der Waals surface area contributed by atoms with Gasteiger partial charge in [-0.25, -0.2) is 4.79 Å². The molecule has 19 heavy (non-hydrogen) atoms. The monoisotopic (exact) mass is 263 g/mol. The Morgan fingerprint density at radius 3 is 2.74 bits per heavy atom. The number of aromatic nitrogens is 5. The molecule has 0 aliphatic carbocycles. The van der Waals surface area contributed by atoms with E-state index in [1.165, 1.54) is 6.33 Å². The second-order valence-electron chi connectivity index (χ2n) is 4.95. The Kier molecular flexibility index (Phi) is 3.64. The molecule has 7 nitrogen and oxygen atoms in total. The number of carbonyl (C=O) groups is 1. The van der Waals surface area contributed by atoms with Crippen molar-refractivity contribution < 1.29 is 9.90 Å². The lowest BCUT2D eigenvalue weighted by Gasteiger charge is -2.17. The zero-order valence-corrected chi connectivity index (χ0v) is 11.2. The van der Waals surface area contributed by atoms with Crippen molar-refractivity contribution in [2.24, 2.45) is 13.0 Å². The molecule has 0 spiro atoms. The molecular weight excluding hydrogens is 246 g/mol. The molecule has 2 aromatic heterocycles. The lowest BCUT2D eigenvalue weighted by Crippen LogP contribution is -2.21. The van der Waals surface area contributed by atoms with Gasteiger partial charge in [-0.3, -0.25) is 9.25 Å². The molecule has 2 aromatic rings. The number of rotatable bonds is 5. The van der Waals surface area contributed by atoms with E-state index in [0.717, 1.165) is 5.56 Å². The fraction of sp³-hybridized carbons (Fsp3) is 0.500. The molecule has 0 aromatic carbocycles. The number of carboxylic acid groups (broad SMARTS) is 1. The van der Waals surface area contributed by atoms with Crippen molar-refractivity contribution in [2.75, 3.05) is 0 Å². The Labute approximate surface area is 110 Å². The van der Waals surface area contributed by atoms with Crippen LogP contribution in [0.3, 0.4) is 0 Å². The lowest BCUT2D eigenvalue weighted by atomic mass is 10.0. The van der Waals surface area contributed by atoms with Gasteiger partial charge in [0, 0.05) is 13.2 Å². The first-order chi connectivity index (χ1) is 8.99. The summed E-state index contributed by atoms with van der Waals surface area (Å²) in [6.45, 7) is 3.98. The fourth-order valence-corrected chi connectivity index (χ4v) is 1.99. The molecule has 0 saturated carbocycles. The van der Waals surface area contributed by atoms with Crippen LogP contribution in [0.4, 0.5) is 0 Å². The SMILES string of the molecule is CC(C)CC(C(=O)O)n1cnnc1-c1cnn(C)c1. The van der Waals surface area contributed by atoms with Gasteiger partial charge in [0.1, 0.15) is 12.4 Å². The zero-order valence-electron chi connectivity index (χ0n) is 11.2. The van der Waals surface area contributed by atoms with E-state index in [4.69, 9.17) is 0 Å². The standard InChI is InChI=1S/C12H17N5O2/c1-8(2)4-10(12(18)19)17-7-13-15-11(17)9-5-14-16(3)6-9/h5-8,10H,4H2,1-3H3,(H,18,19). The van der Waals surface area contributed by atoms with E-state index in [-0.39, 0.29) is 5.92 Å². The van der Waals surface area contributed by atoms with Gasteiger partial charge >= 0.3 is 5.97 Å². The Morgan fingerprint density at radius 2 is 2.21 bits per heavy atom. The maximum absolute atomic E-state index is 11.4. The van der Waals surface area contributed by atoms with Gasteiger partial charge in [-0.1, -0.05) is 13.8 Å². The maximum Gasteiger partial charge on any atom is 0.326 e. The minimum absolute atomic E-state index is 0.269. The number of aryl methyl sites for hydroxylation is 1. The molecule has 0 bridgehead atoms. The van der Waals surface area contributed by atoms with Crippen molar-refractivity contribution in [1.29, 1.82) is 0 Å².